The van der Waals surface area contributed by atoms with Crippen LogP contribution in [0.2, 0.25) is 0 Å². The molecule has 1 aromatic heterocycles. The number of thiophene rings is 1. The number of rotatable bonds is 0. The Labute approximate surface area is 88.0 Å². The quantitative estimate of drug-likeness (QED) is 0.693. The fourth-order valence-corrected chi connectivity index (χ4v) is 2.82. The molecule has 2 heteroatoms. The standard InChI is InChI=1S/C12H14OS/c1-12(2,3)10-7-14-11-6-8(13)4-5-9(10)11/h4-7,13H,1-3H3. The van der Waals surface area contributed by atoms with Crippen molar-refractivity contribution in [3.8, 4) is 5.75 Å². The Morgan fingerprint density at radius 1 is 1.21 bits per heavy atom. The maximum absolute atomic E-state index is 9.35. The van der Waals surface area contributed by atoms with E-state index in [1.165, 1.54) is 10.9 Å². The van der Waals surface area contributed by atoms with Gasteiger partial charge < -0.3 is 5.11 Å². The summed E-state index contributed by atoms with van der Waals surface area (Å²) in [5, 5.41) is 12.8. The van der Waals surface area contributed by atoms with Gasteiger partial charge in [0.05, 0.1) is 0 Å². The van der Waals surface area contributed by atoms with Crippen LogP contribution in [0.5, 0.6) is 5.75 Å². The molecule has 2 aromatic rings. The second kappa shape index (κ2) is 2.99. The van der Waals surface area contributed by atoms with Crippen LogP contribution < -0.4 is 0 Å². The molecule has 0 saturated carbocycles. The topological polar surface area (TPSA) is 20.2 Å². The smallest absolute Gasteiger partial charge is 0.117 e. The zero-order valence-electron chi connectivity index (χ0n) is 8.66. The molecule has 0 aliphatic rings. The predicted octanol–water partition coefficient (Wildman–Crippen LogP) is 3.90. The monoisotopic (exact) mass is 206 g/mol. The minimum absolute atomic E-state index is 0.176. The van der Waals surface area contributed by atoms with Gasteiger partial charge in [-0.05, 0) is 39.9 Å². The zero-order valence-corrected chi connectivity index (χ0v) is 9.48. The van der Waals surface area contributed by atoms with E-state index in [9.17, 15) is 5.11 Å². The Hall–Kier alpha value is -1.02. The first-order valence-electron chi connectivity index (χ1n) is 4.69. The highest BCUT2D eigenvalue weighted by Crippen LogP contribution is 2.35. The summed E-state index contributed by atoms with van der Waals surface area (Å²) >= 11 is 1.69. The highest BCUT2D eigenvalue weighted by Gasteiger charge is 2.17. The van der Waals surface area contributed by atoms with Gasteiger partial charge in [0.25, 0.3) is 0 Å². The second-order valence-corrected chi connectivity index (χ2v) is 5.49. The van der Waals surface area contributed by atoms with Crippen LogP contribution in [0.15, 0.2) is 23.6 Å². The summed E-state index contributed by atoms with van der Waals surface area (Å²) in [7, 11) is 0. The fraction of sp³-hybridized carbons (Fsp3) is 0.333. The molecule has 0 unspecified atom stereocenters. The van der Waals surface area contributed by atoms with Crippen LogP contribution in [-0.4, -0.2) is 5.11 Å². The van der Waals surface area contributed by atoms with Crippen molar-refractivity contribution in [3.63, 3.8) is 0 Å². The number of benzene rings is 1. The first-order chi connectivity index (χ1) is 6.48. The van der Waals surface area contributed by atoms with Gasteiger partial charge in [-0.15, -0.1) is 11.3 Å². The van der Waals surface area contributed by atoms with Crippen LogP contribution in [0.25, 0.3) is 10.1 Å². The minimum atomic E-state index is 0.176. The average molecular weight is 206 g/mol. The average Bonchev–Trinajstić information content (AvgIpc) is 2.45. The lowest BCUT2D eigenvalue weighted by atomic mass is 9.87. The molecule has 74 valence electrons. The molecule has 0 atom stereocenters. The van der Waals surface area contributed by atoms with Crippen molar-refractivity contribution >= 4 is 21.4 Å². The molecule has 14 heavy (non-hydrogen) atoms. The summed E-state index contributed by atoms with van der Waals surface area (Å²) in [5.74, 6) is 0.347. The molecule has 0 spiro atoms. The van der Waals surface area contributed by atoms with Gasteiger partial charge in [0.1, 0.15) is 5.75 Å². The van der Waals surface area contributed by atoms with Gasteiger partial charge in [-0.3, -0.25) is 0 Å². The normalized spacial score (nSPS) is 12.2. The third-order valence-corrected chi connectivity index (χ3v) is 3.31. The number of hydrogen-bond donors (Lipinski definition) is 1. The van der Waals surface area contributed by atoms with Crippen LogP contribution >= 0.6 is 11.3 Å². The van der Waals surface area contributed by atoms with Gasteiger partial charge in [-0.2, -0.15) is 0 Å². The van der Waals surface area contributed by atoms with Crippen molar-refractivity contribution < 1.29 is 5.11 Å². The zero-order chi connectivity index (χ0) is 10.3. The number of hydrogen-bond acceptors (Lipinski definition) is 2. The fourth-order valence-electron chi connectivity index (χ4n) is 1.60. The lowest BCUT2D eigenvalue weighted by molar-refractivity contribution is 0.476. The molecule has 1 aromatic carbocycles. The lowest BCUT2D eigenvalue weighted by Gasteiger charge is -2.17. The van der Waals surface area contributed by atoms with E-state index in [-0.39, 0.29) is 5.41 Å². The van der Waals surface area contributed by atoms with E-state index in [1.54, 1.807) is 17.4 Å². The van der Waals surface area contributed by atoms with Crippen LogP contribution in [0.1, 0.15) is 26.3 Å². The molecular weight excluding hydrogens is 192 g/mol. The molecule has 1 N–H and O–H groups in total. The molecular formula is C12H14OS. The molecule has 0 fully saturated rings. The summed E-state index contributed by atoms with van der Waals surface area (Å²) in [6.45, 7) is 6.63. The maximum Gasteiger partial charge on any atom is 0.117 e. The molecule has 0 radical (unpaired) electrons. The maximum atomic E-state index is 9.35. The predicted molar refractivity (Wildman–Crippen MR) is 62.2 cm³/mol. The molecule has 0 amide bonds. The van der Waals surface area contributed by atoms with E-state index >= 15 is 0 Å². The number of phenols is 1. The van der Waals surface area contributed by atoms with Crippen LogP contribution in [0.4, 0.5) is 0 Å². The third kappa shape index (κ3) is 1.50. The summed E-state index contributed by atoms with van der Waals surface area (Å²) < 4.78 is 1.16. The van der Waals surface area contributed by atoms with Gasteiger partial charge in [0.15, 0.2) is 0 Å². The summed E-state index contributed by atoms with van der Waals surface area (Å²) in [5.41, 5.74) is 1.53. The van der Waals surface area contributed by atoms with Gasteiger partial charge in [0.2, 0.25) is 0 Å². The van der Waals surface area contributed by atoms with E-state index in [0.29, 0.717) is 5.75 Å². The summed E-state index contributed by atoms with van der Waals surface area (Å²) in [6.07, 6.45) is 0. The Morgan fingerprint density at radius 2 is 1.93 bits per heavy atom. The van der Waals surface area contributed by atoms with Crippen molar-refractivity contribution in [1.29, 1.82) is 0 Å². The van der Waals surface area contributed by atoms with E-state index in [1.807, 2.05) is 12.1 Å². The van der Waals surface area contributed by atoms with Crippen molar-refractivity contribution in [2.45, 2.75) is 26.2 Å². The van der Waals surface area contributed by atoms with Gasteiger partial charge in [0, 0.05) is 4.70 Å². The Bertz CT molecular complexity index is 463. The van der Waals surface area contributed by atoms with Crippen LogP contribution in [-0.2, 0) is 5.41 Å². The molecule has 1 heterocycles. The van der Waals surface area contributed by atoms with Crippen molar-refractivity contribution in [2.24, 2.45) is 0 Å². The first-order valence-corrected chi connectivity index (χ1v) is 5.57. The molecule has 0 aliphatic heterocycles. The molecule has 0 aliphatic carbocycles. The second-order valence-electron chi connectivity index (χ2n) is 4.58. The Morgan fingerprint density at radius 3 is 2.57 bits per heavy atom. The molecule has 2 rings (SSSR count). The Kier molecular flexibility index (Phi) is 2.04. The highest BCUT2D eigenvalue weighted by atomic mass is 32.1. The van der Waals surface area contributed by atoms with Crippen LogP contribution in [0, 0.1) is 0 Å². The van der Waals surface area contributed by atoms with E-state index in [0.717, 1.165) is 4.70 Å². The van der Waals surface area contributed by atoms with Crippen molar-refractivity contribution in [3.05, 3.63) is 29.1 Å². The Balaban J connectivity index is 2.70. The van der Waals surface area contributed by atoms with E-state index < -0.39 is 0 Å². The SMILES string of the molecule is CC(C)(C)c1csc2cc(O)ccc12. The van der Waals surface area contributed by atoms with Crippen LogP contribution in [0.3, 0.4) is 0 Å². The van der Waals surface area contributed by atoms with Crippen molar-refractivity contribution in [1.82, 2.24) is 0 Å². The number of phenolic OH excluding ortho intramolecular Hbond substituents is 1. The molecule has 1 nitrogen and oxygen atoms in total. The molecule has 0 bridgehead atoms. The molecule has 0 saturated heterocycles. The highest BCUT2D eigenvalue weighted by molar-refractivity contribution is 7.17. The summed E-state index contributed by atoms with van der Waals surface area (Å²) in [6, 6.07) is 5.58. The number of fused-ring (bicyclic) bond motifs is 1. The van der Waals surface area contributed by atoms with Crippen molar-refractivity contribution in [2.75, 3.05) is 0 Å². The van der Waals surface area contributed by atoms with Gasteiger partial charge >= 0.3 is 0 Å². The van der Waals surface area contributed by atoms with Gasteiger partial charge in [-0.1, -0.05) is 20.8 Å². The van der Waals surface area contributed by atoms with Gasteiger partial charge in [-0.25, -0.2) is 0 Å². The summed E-state index contributed by atoms with van der Waals surface area (Å²) in [4.78, 5) is 0. The lowest BCUT2D eigenvalue weighted by Crippen LogP contribution is -2.09. The first kappa shape index (κ1) is 9.53. The van der Waals surface area contributed by atoms with E-state index in [2.05, 4.69) is 26.2 Å². The third-order valence-electron chi connectivity index (χ3n) is 2.37. The largest absolute Gasteiger partial charge is 0.508 e. The number of aromatic hydroxyl groups is 1. The van der Waals surface area contributed by atoms with E-state index in [4.69, 9.17) is 0 Å². The minimum Gasteiger partial charge on any atom is -0.508 e.